The number of Topliss-reactive ketones (excluding diaryl/α,β-unsaturated/α-hetero) is 1. The number of hydrogen-bond donors (Lipinski definition) is 0. The van der Waals surface area contributed by atoms with Crippen molar-refractivity contribution >= 4 is 5.78 Å². The quantitative estimate of drug-likeness (QED) is 0.840. The summed E-state index contributed by atoms with van der Waals surface area (Å²) < 4.78 is 5.52. The molecule has 2 bridgehead atoms. The predicted molar refractivity (Wildman–Crippen MR) is 98.0 cm³/mol. The summed E-state index contributed by atoms with van der Waals surface area (Å²) in [6.07, 6.45) is 9.20. The second-order valence-electron chi connectivity index (χ2n) is 8.85. The number of hydrogen-bond acceptors (Lipinski definition) is 3. The van der Waals surface area contributed by atoms with Crippen molar-refractivity contribution < 1.29 is 9.53 Å². The van der Waals surface area contributed by atoms with E-state index in [0.717, 1.165) is 43.8 Å². The molecule has 0 aromatic heterocycles. The highest BCUT2D eigenvalue weighted by atomic mass is 16.5. The molecule has 3 heteroatoms. The van der Waals surface area contributed by atoms with Crippen LogP contribution in [0.15, 0.2) is 18.2 Å². The van der Waals surface area contributed by atoms with E-state index in [2.05, 4.69) is 23.1 Å². The molecule has 0 N–H and O–H groups in total. The maximum atomic E-state index is 12.4. The van der Waals surface area contributed by atoms with Crippen LogP contribution in [0, 0.1) is 11.8 Å². The zero-order chi connectivity index (χ0) is 17.0. The number of ether oxygens (including phenoxy) is 1. The zero-order valence-electron chi connectivity index (χ0n) is 15.3. The lowest BCUT2D eigenvalue weighted by atomic mass is 9.52. The molecule has 1 aromatic carbocycles. The summed E-state index contributed by atoms with van der Waals surface area (Å²) in [6, 6.07) is 7.26. The van der Waals surface area contributed by atoms with Crippen LogP contribution in [0.25, 0.3) is 0 Å². The SMILES string of the molecule is COc1ccc2c(c1)C13CCN(CC4CCC4)C(C2)[C@@H]1CCC(=O)C3. The van der Waals surface area contributed by atoms with Crippen LogP contribution >= 0.6 is 0 Å². The Morgan fingerprint density at radius 2 is 2.16 bits per heavy atom. The molecule has 4 aliphatic rings. The van der Waals surface area contributed by atoms with Gasteiger partial charge in [-0.3, -0.25) is 9.69 Å². The van der Waals surface area contributed by atoms with Crippen molar-refractivity contribution in [2.75, 3.05) is 20.2 Å². The van der Waals surface area contributed by atoms with E-state index in [-0.39, 0.29) is 5.41 Å². The summed E-state index contributed by atoms with van der Waals surface area (Å²) in [5.41, 5.74) is 2.98. The Labute approximate surface area is 150 Å². The number of carbonyl (C=O) groups excluding carboxylic acids is 1. The van der Waals surface area contributed by atoms with Crippen molar-refractivity contribution in [1.82, 2.24) is 4.90 Å². The van der Waals surface area contributed by atoms with Gasteiger partial charge in [-0.05, 0) is 73.7 Å². The van der Waals surface area contributed by atoms with E-state index in [1.807, 2.05) is 0 Å². The lowest BCUT2D eigenvalue weighted by molar-refractivity contribution is -0.127. The van der Waals surface area contributed by atoms with Crippen LogP contribution in [0.3, 0.4) is 0 Å². The first-order valence-corrected chi connectivity index (χ1v) is 10.1. The van der Waals surface area contributed by atoms with Crippen LogP contribution in [-0.2, 0) is 16.6 Å². The lowest BCUT2D eigenvalue weighted by Gasteiger charge is -2.59. The Bertz CT molecular complexity index is 695. The molecule has 134 valence electrons. The van der Waals surface area contributed by atoms with E-state index in [1.165, 1.54) is 43.5 Å². The Morgan fingerprint density at radius 1 is 1.28 bits per heavy atom. The highest BCUT2D eigenvalue weighted by Gasteiger charge is 2.55. The number of methoxy groups -OCH3 is 1. The second kappa shape index (κ2) is 5.84. The Morgan fingerprint density at radius 3 is 2.92 bits per heavy atom. The average molecular weight is 339 g/mol. The molecule has 25 heavy (non-hydrogen) atoms. The third-order valence-electron chi connectivity index (χ3n) is 7.74. The fraction of sp³-hybridized carbons (Fsp3) is 0.682. The van der Waals surface area contributed by atoms with Gasteiger partial charge in [0.15, 0.2) is 0 Å². The van der Waals surface area contributed by atoms with E-state index < -0.39 is 0 Å². The van der Waals surface area contributed by atoms with Gasteiger partial charge in [-0.1, -0.05) is 12.5 Å². The average Bonchev–Trinajstić information content (AvgIpc) is 2.58. The van der Waals surface area contributed by atoms with Crippen LogP contribution in [0.1, 0.15) is 56.1 Å². The summed E-state index contributed by atoms with van der Waals surface area (Å²) in [5.74, 6) is 2.99. The van der Waals surface area contributed by atoms with Crippen molar-refractivity contribution in [3.63, 3.8) is 0 Å². The topological polar surface area (TPSA) is 29.5 Å². The molecule has 3 nitrogen and oxygen atoms in total. The number of likely N-dealkylation sites (tertiary alicyclic amines) is 1. The summed E-state index contributed by atoms with van der Waals surface area (Å²) in [4.78, 5) is 15.2. The first kappa shape index (κ1) is 15.9. The highest BCUT2D eigenvalue weighted by molar-refractivity contribution is 5.81. The van der Waals surface area contributed by atoms with E-state index in [9.17, 15) is 4.79 Å². The third-order valence-corrected chi connectivity index (χ3v) is 7.74. The van der Waals surface area contributed by atoms with Gasteiger partial charge in [0.2, 0.25) is 0 Å². The van der Waals surface area contributed by atoms with Crippen LogP contribution in [-0.4, -0.2) is 36.9 Å². The number of piperidine rings is 1. The van der Waals surface area contributed by atoms with Crippen molar-refractivity contribution in [1.29, 1.82) is 0 Å². The summed E-state index contributed by atoms with van der Waals surface area (Å²) in [5, 5.41) is 0. The number of benzene rings is 1. The zero-order valence-corrected chi connectivity index (χ0v) is 15.3. The van der Waals surface area contributed by atoms with Crippen LogP contribution in [0.4, 0.5) is 0 Å². The van der Waals surface area contributed by atoms with Crippen molar-refractivity contribution in [3.8, 4) is 5.75 Å². The number of carbonyl (C=O) groups is 1. The molecule has 0 radical (unpaired) electrons. The van der Waals surface area contributed by atoms with E-state index in [1.54, 1.807) is 7.11 Å². The molecule has 1 saturated heterocycles. The molecule has 5 rings (SSSR count). The minimum Gasteiger partial charge on any atom is -0.497 e. The van der Waals surface area contributed by atoms with Gasteiger partial charge in [-0.25, -0.2) is 0 Å². The fourth-order valence-electron chi connectivity index (χ4n) is 6.25. The minimum atomic E-state index is 0.0816. The van der Waals surface area contributed by atoms with Gasteiger partial charge in [0.05, 0.1) is 7.11 Å². The van der Waals surface area contributed by atoms with Gasteiger partial charge in [-0.2, -0.15) is 0 Å². The molecule has 3 atom stereocenters. The van der Waals surface area contributed by atoms with Gasteiger partial charge in [0, 0.05) is 30.8 Å². The monoisotopic (exact) mass is 339 g/mol. The molecule has 1 heterocycles. The van der Waals surface area contributed by atoms with E-state index in [4.69, 9.17) is 4.74 Å². The second-order valence-corrected chi connectivity index (χ2v) is 8.85. The number of nitrogens with zero attached hydrogens (tertiary/aromatic N) is 1. The Kier molecular flexibility index (Phi) is 3.70. The molecular weight excluding hydrogens is 310 g/mol. The maximum Gasteiger partial charge on any atom is 0.133 e. The van der Waals surface area contributed by atoms with Gasteiger partial charge in [0.1, 0.15) is 11.5 Å². The molecular formula is C22H29NO2. The highest BCUT2D eigenvalue weighted by Crippen LogP contribution is 2.55. The van der Waals surface area contributed by atoms with Crippen LogP contribution in [0.2, 0.25) is 0 Å². The largest absolute Gasteiger partial charge is 0.497 e. The smallest absolute Gasteiger partial charge is 0.133 e. The minimum absolute atomic E-state index is 0.0816. The molecule has 2 saturated carbocycles. The molecule has 3 fully saturated rings. The number of fused-ring (bicyclic) bond motifs is 1. The van der Waals surface area contributed by atoms with Crippen molar-refractivity contribution in [2.45, 2.75) is 62.8 Å². The molecule has 0 amide bonds. The third kappa shape index (κ3) is 2.38. The summed E-state index contributed by atoms with van der Waals surface area (Å²) >= 11 is 0. The molecule has 0 spiro atoms. The van der Waals surface area contributed by atoms with Gasteiger partial charge >= 0.3 is 0 Å². The van der Waals surface area contributed by atoms with Gasteiger partial charge in [0.25, 0.3) is 0 Å². The Hall–Kier alpha value is -1.35. The maximum absolute atomic E-state index is 12.4. The Balaban J connectivity index is 1.55. The number of ketones is 1. The molecule has 3 aliphatic carbocycles. The summed E-state index contributed by atoms with van der Waals surface area (Å²) in [6.45, 7) is 2.46. The molecule has 1 aromatic rings. The lowest BCUT2D eigenvalue weighted by Crippen LogP contribution is -2.62. The molecule has 2 unspecified atom stereocenters. The van der Waals surface area contributed by atoms with Gasteiger partial charge < -0.3 is 4.74 Å². The number of rotatable bonds is 3. The van der Waals surface area contributed by atoms with Gasteiger partial charge in [-0.15, -0.1) is 0 Å². The van der Waals surface area contributed by atoms with Crippen molar-refractivity contribution in [3.05, 3.63) is 29.3 Å². The van der Waals surface area contributed by atoms with Crippen LogP contribution in [0.5, 0.6) is 5.75 Å². The normalized spacial score (nSPS) is 34.8. The summed E-state index contributed by atoms with van der Waals surface area (Å²) in [7, 11) is 1.75. The van der Waals surface area contributed by atoms with E-state index in [0.29, 0.717) is 17.7 Å². The first-order chi connectivity index (χ1) is 12.2. The molecule has 1 aliphatic heterocycles. The fourth-order valence-corrected chi connectivity index (χ4v) is 6.25. The van der Waals surface area contributed by atoms with E-state index >= 15 is 0 Å². The van der Waals surface area contributed by atoms with Crippen LogP contribution < -0.4 is 4.74 Å². The van der Waals surface area contributed by atoms with Crippen molar-refractivity contribution in [2.24, 2.45) is 11.8 Å². The predicted octanol–water partition coefficient (Wildman–Crippen LogP) is 3.73. The first-order valence-electron chi connectivity index (χ1n) is 10.1. The standard InChI is InChI=1S/C22H29NO2/c1-25-18-7-5-16-11-21-19-8-6-17(24)13-22(19,20(16)12-18)9-10-23(21)14-15-3-2-4-15/h5,7,12,15,19,21H,2-4,6,8-11,13-14H2,1H3/t19-,21?,22?/m0/s1.